The Labute approximate surface area is 132 Å². The molecular formula is C16H18BrFN2O. The van der Waals surface area contributed by atoms with Crippen LogP contribution in [0.25, 0.3) is 0 Å². The zero-order valence-electron chi connectivity index (χ0n) is 12.0. The van der Waals surface area contributed by atoms with Crippen LogP contribution < -0.4 is 15.8 Å². The second kappa shape index (κ2) is 6.80. The maximum atomic E-state index is 13.8. The molecule has 0 fully saturated rings. The van der Waals surface area contributed by atoms with Crippen LogP contribution in [-0.4, -0.2) is 6.61 Å². The van der Waals surface area contributed by atoms with Crippen LogP contribution in [0.5, 0.6) is 5.75 Å². The SMILES string of the molecule is CCCOc1cc(Nc2ccc(C)c(Br)c2)c(N)cc1F. The summed E-state index contributed by atoms with van der Waals surface area (Å²) in [7, 11) is 0. The van der Waals surface area contributed by atoms with E-state index in [4.69, 9.17) is 10.5 Å². The van der Waals surface area contributed by atoms with Crippen molar-refractivity contribution in [1.82, 2.24) is 0 Å². The number of nitrogens with one attached hydrogen (secondary N) is 1. The number of rotatable bonds is 5. The summed E-state index contributed by atoms with van der Waals surface area (Å²) in [5.74, 6) is -0.240. The summed E-state index contributed by atoms with van der Waals surface area (Å²) in [6, 6.07) is 8.74. The van der Waals surface area contributed by atoms with Gasteiger partial charge in [0.05, 0.1) is 18.0 Å². The first-order valence-electron chi connectivity index (χ1n) is 6.76. The normalized spacial score (nSPS) is 10.5. The first kappa shape index (κ1) is 15.6. The molecule has 0 aliphatic rings. The summed E-state index contributed by atoms with van der Waals surface area (Å²) in [4.78, 5) is 0. The van der Waals surface area contributed by atoms with E-state index in [0.717, 1.165) is 22.1 Å². The number of nitrogens with two attached hydrogens (primary N) is 1. The molecule has 0 saturated carbocycles. The Balaban J connectivity index is 2.28. The number of ether oxygens (including phenoxy) is 1. The summed E-state index contributed by atoms with van der Waals surface area (Å²) in [6.45, 7) is 4.45. The first-order valence-corrected chi connectivity index (χ1v) is 7.55. The lowest BCUT2D eigenvalue weighted by Crippen LogP contribution is -2.02. The Morgan fingerprint density at radius 1 is 1.29 bits per heavy atom. The van der Waals surface area contributed by atoms with E-state index in [1.54, 1.807) is 6.07 Å². The lowest BCUT2D eigenvalue weighted by atomic mass is 10.2. The summed E-state index contributed by atoms with van der Waals surface area (Å²) < 4.78 is 20.1. The second-order valence-corrected chi connectivity index (χ2v) is 5.66. The van der Waals surface area contributed by atoms with Gasteiger partial charge in [-0.05, 0) is 31.0 Å². The third kappa shape index (κ3) is 3.88. The van der Waals surface area contributed by atoms with E-state index in [1.807, 2.05) is 32.0 Å². The van der Waals surface area contributed by atoms with E-state index in [2.05, 4.69) is 21.2 Å². The number of benzene rings is 2. The molecule has 0 aromatic heterocycles. The first-order chi connectivity index (χ1) is 10.0. The summed E-state index contributed by atoms with van der Waals surface area (Å²) >= 11 is 3.48. The van der Waals surface area contributed by atoms with Crippen LogP contribution in [-0.2, 0) is 0 Å². The zero-order valence-corrected chi connectivity index (χ0v) is 13.6. The highest BCUT2D eigenvalue weighted by atomic mass is 79.9. The molecule has 0 heterocycles. The molecule has 2 rings (SSSR count). The molecule has 0 unspecified atom stereocenters. The molecule has 0 spiro atoms. The van der Waals surface area contributed by atoms with Crippen molar-refractivity contribution in [2.24, 2.45) is 0 Å². The van der Waals surface area contributed by atoms with E-state index < -0.39 is 5.82 Å². The number of nitrogen functional groups attached to an aromatic ring is 1. The van der Waals surface area contributed by atoms with Crippen LogP contribution in [0.15, 0.2) is 34.8 Å². The van der Waals surface area contributed by atoms with Crippen molar-refractivity contribution in [2.45, 2.75) is 20.3 Å². The molecular weight excluding hydrogens is 335 g/mol. The quantitative estimate of drug-likeness (QED) is 0.743. The van der Waals surface area contributed by atoms with Gasteiger partial charge in [-0.25, -0.2) is 4.39 Å². The van der Waals surface area contributed by atoms with E-state index in [9.17, 15) is 4.39 Å². The van der Waals surface area contributed by atoms with Crippen LogP contribution in [0.3, 0.4) is 0 Å². The third-order valence-corrected chi connectivity index (χ3v) is 3.87. The van der Waals surface area contributed by atoms with Gasteiger partial charge in [0.15, 0.2) is 11.6 Å². The number of halogens is 2. The molecule has 0 radical (unpaired) electrons. The molecule has 2 aromatic rings. The molecule has 0 saturated heterocycles. The minimum atomic E-state index is -0.448. The molecule has 3 N–H and O–H groups in total. The number of aryl methyl sites for hydroxylation is 1. The monoisotopic (exact) mass is 352 g/mol. The standard InChI is InChI=1S/C16H18BrFN2O/c1-3-6-21-16-9-15(14(19)8-13(16)18)20-11-5-4-10(2)12(17)7-11/h4-5,7-9,20H,3,6,19H2,1-2H3. The largest absolute Gasteiger partial charge is 0.490 e. The topological polar surface area (TPSA) is 47.3 Å². The lowest BCUT2D eigenvalue weighted by molar-refractivity contribution is 0.301. The second-order valence-electron chi connectivity index (χ2n) is 4.81. The Hall–Kier alpha value is -1.75. The van der Waals surface area contributed by atoms with Gasteiger partial charge in [0.25, 0.3) is 0 Å². The average Bonchev–Trinajstić information content (AvgIpc) is 2.44. The predicted octanol–water partition coefficient (Wildman–Crippen LogP) is 5.01. The number of hydrogen-bond acceptors (Lipinski definition) is 3. The van der Waals surface area contributed by atoms with E-state index in [-0.39, 0.29) is 5.75 Å². The smallest absolute Gasteiger partial charge is 0.167 e. The Bertz CT molecular complexity index is 646. The van der Waals surface area contributed by atoms with Crippen LogP contribution in [0, 0.1) is 12.7 Å². The van der Waals surface area contributed by atoms with Gasteiger partial charge in [0.2, 0.25) is 0 Å². The van der Waals surface area contributed by atoms with Crippen LogP contribution >= 0.6 is 15.9 Å². The fourth-order valence-electron chi connectivity index (χ4n) is 1.83. The van der Waals surface area contributed by atoms with Crippen LogP contribution in [0.2, 0.25) is 0 Å². The fraction of sp³-hybridized carbons (Fsp3) is 0.250. The van der Waals surface area contributed by atoms with Crippen molar-refractivity contribution in [3.8, 4) is 5.75 Å². The van der Waals surface area contributed by atoms with Gasteiger partial charge in [-0.15, -0.1) is 0 Å². The molecule has 0 amide bonds. The molecule has 21 heavy (non-hydrogen) atoms. The minimum absolute atomic E-state index is 0.208. The van der Waals surface area contributed by atoms with Crippen molar-refractivity contribution in [3.63, 3.8) is 0 Å². The molecule has 112 valence electrons. The van der Waals surface area contributed by atoms with Crippen LogP contribution in [0.1, 0.15) is 18.9 Å². The summed E-state index contributed by atoms with van der Waals surface area (Å²) in [6.07, 6.45) is 0.817. The maximum absolute atomic E-state index is 13.8. The average molecular weight is 353 g/mol. The number of anilines is 3. The number of hydrogen-bond donors (Lipinski definition) is 2. The van der Waals surface area contributed by atoms with Gasteiger partial charge in [0, 0.05) is 22.3 Å². The van der Waals surface area contributed by atoms with Crippen molar-refractivity contribution in [2.75, 3.05) is 17.7 Å². The van der Waals surface area contributed by atoms with Gasteiger partial charge in [-0.2, -0.15) is 0 Å². The Morgan fingerprint density at radius 3 is 2.71 bits per heavy atom. The molecule has 2 aromatic carbocycles. The Kier molecular flexibility index (Phi) is 5.07. The maximum Gasteiger partial charge on any atom is 0.167 e. The molecule has 0 atom stereocenters. The van der Waals surface area contributed by atoms with Crippen LogP contribution in [0.4, 0.5) is 21.5 Å². The van der Waals surface area contributed by atoms with E-state index in [1.165, 1.54) is 6.07 Å². The van der Waals surface area contributed by atoms with Crippen molar-refractivity contribution >= 4 is 33.0 Å². The van der Waals surface area contributed by atoms with Gasteiger partial charge >= 0.3 is 0 Å². The minimum Gasteiger partial charge on any atom is -0.490 e. The predicted molar refractivity (Wildman–Crippen MR) is 88.8 cm³/mol. The Morgan fingerprint density at radius 2 is 2.05 bits per heavy atom. The highest BCUT2D eigenvalue weighted by Crippen LogP contribution is 2.31. The van der Waals surface area contributed by atoms with Gasteiger partial charge in [-0.1, -0.05) is 28.9 Å². The highest BCUT2D eigenvalue weighted by Gasteiger charge is 2.10. The highest BCUT2D eigenvalue weighted by molar-refractivity contribution is 9.10. The molecule has 3 nitrogen and oxygen atoms in total. The molecule has 0 aliphatic heterocycles. The van der Waals surface area contributed by atoms with Gasteiger partial charge in [0.1, 0.15) is 0 Å². The zero-order chi connectivity index (χ0) is 15.4. The van der Waals surface area contributed by atoms with Gasteiger partial charge in [-0.3, -0.25) is 0 Å². The molecule has 0 aliphatic carbocycles. The lowest BCUT2D eigenvalue weighted by Gasteiger charge is -2.13. The van der Waals surface area contributed by atoms with Crippen molar-refractivity contribution in [1.29, 1.82) is 0 Å². The molecule has 5 heteroatoms. The molecule has 0 bridgehead atoms. The van der Waals surface area contributed by atoms with Crippen molar-refractivity contribution in [3.05, 3.63) is 46.2 Å². The summed E-state index contributed by atoms with van der Waals surface area (Å²) in [5, 5.41) is 3.18. The van der Waals surface area contributed by atoms with E-state index >= 15 is 0 Å². The summed E-state index contributed by atoms with van der Waals surface area (Å²) in [5.41, 5.74) is 8.84. The fourth-order valence-corrected chi connectivity index (χ4v) is 2.20. The third-order valence-electron chi connectivity index (χ3n) is 3.02. The van der Waals surface area contributed by atoms with Crippen molar-refractivity contribution < 1.29 is 9.13 Å². The van der Waals surface area contributed by atoms with Gasteiger partial charge < -0.3 is 15.8 Å². The van der Waals surface area contributed by atoms with E-state index in [0.29, 0.717) is 18.0 Å².